The second kappa shape index (κ2) is 8.97. The molecular weight excluding hydrogens is 200 g/mol. The van der Waals surface area contributed by atoms with Gasteiger partial charge in [-0.25, -0.2) is 0 Å². The molecule has 0 spiro atoms. The molecule has 1 unspecified atom stereocenters. The lowest BCUT2D eigenvalue weighted by molar-refractivity contribution is 0.253. The standard InChI is InChI=1S/C13H28N2O/c1-15(10-6-2-3-7-11-16)12-13-8-4-5-9-14-13/h13-14,16H,2-12H2,1H3. The van der Waals surface area contributed by atoms with Gasteiger partial charge in [-0.1, -0.05) is 19.3 Å². The van der Waals surface area contributed by atoms with Gasteiger partial charge in [-0.15, -0.1) is 0 Å². The van der Waals surface area contributed by atoms with E-state index in [0.29, 0.717) is 6.61 Å². The summed E-state index contributed by atoms with van der Waals surface area (Å²) >= 11 is 0. The first-order valence-electron chi connectivity index (χ1n) is 6.85. The Morgan fingerprint density at radius 3 is 2.69 bits per heavy atom. The van der Waals surface area contributed by atoms with E-state index in [9.17, 15) is 0 Å². The molecule has 1 heterocycles. The summed E-state index contributed by atoms with van der Waals surface area (Å²) in [6, 6.07) is 0.719. The van der Waals surface area contributed by atoms with Crippen LogP contribution in [0.3, 0.4) is 0 Å². The van der Waals surface area contributed by atoms with E-state index >= 15 is 0 Å². The van der Waals surface area contributed by atoms with Crippen LogP contribution >= 0.6 is 0 Å². The normalized spacial score (nSPS) is 21.6. The van der Waals surface area contributed by atoms with Crippen molar-refractivity contribution in [3.05, 3.63) is 0 Å². The number of piperidine rings is 1. The number of hydrogen-bond acceptors (Lipinski definition) is 3. The van der Waals surface area contributed by atoms with E-state index in [4.69, 9.17) is 5.11 Å². The number of hydrogen-bond donors (Lipinski definition) is 2. The fourth-order valence-electron chi connectivity index (χ4n) is 2.39. The molecule has 0 radical (unpaired) electrons. The van der Waals surface area contributed by atoms with Crippen molar-refractivity contribution in [1.82, 2.24) is 10.2 Å². The van der Waals surface area contributed by atoms with Crippen LogP contribution in [-0.2, 0) is 0 Å². The molecule has 0 amide bonds. The highest BCUT2D eigenvalue weighted by molar-refractivity contribution is 4.74. The number of aliphatic hydroxyl groups excluding tert-OH is 1. The average molecular weight is 228 g/mol. The fraction of sp³-hybridized carbons (Fsp3) is 1.00. The first-order chi connectivity index (χ1) is 7.83. The molecular formula is C13H28N2O. The largest absolute Gasteiger partial charge is 0.396 e. The van der Waals surface area contributed by atoms with Crippen LogP contribution in [0.25, 0.3) is 0 Å². The number of likely N-dealkylation sites (N-methyl/N-ethyl adjacent to an activating group) is 1. The van der Waals surface area contributed by atoms with E-state index in [2.05, 4.69) is 17.3 Å². The molecule has 3 nitrogen and oxygen atoms in total. The predicted molar refractivity (Wildman–Crippen MR) is 68.7 cm³/mol. The Bertz CT molecular complexity index is 158. The lowest BCUT2D eigenvalue weighted by Crippen LogP contribution is -2.42. The first-order valence-corrected chi connectivity index (χ1v) is 6.85. The van der Waals surface area contributed by atoms with Gasteiger partial charge in [0.25, 0.3) is 0 Å². The van der Waals surface area contributed by atoms with E-state index in [1.165, 1.54) is 58.2 Å². The quantitative estimate of drug-likeness (QED) is 0.620. The fourth-order valence-corrected chi connectivity index (χ4v) is 2.39. The number of nitrogens with one attached hydrogen (secondary N) is 1. The molecule has 16 heavy (non-hydrogen) atoms. The molecule has 2 N–H and O–H groups in total. The number of unbranched alkanes of at least 4 members (excludes halogenated alkanes) is 3. The van der Waals surface area contributed by atoms with E-state index < -0.39 is 0 Å². The van der Waals surface area contributed by atoms with Crippen LogP contribution in [-0.4, -0.2) is 49.3 Å². The van der Waals surface area contributed by atoms with Gasteiger partial charge in [-0.3, -0.25) is 0 Å². The van der Waals surface area contributed by atoms with Crippen molar-refractivity contribution in [2.24, 2.45) is 0 Å². The van der Waals surface area contributed by atoms with Crippen molar-refractivity contribution < 1.29 is 5.11 Å². The van der Waals surface area contributed by atoms with Crippen LogP contribution in [0.15, 0.2) is 0 Å². The second-order valence-corrected chi connectivity index (χ2v) is 5.05. The Morgan fingerprint density at radius 1 is 1.19 bits per heavy atom. The first kappa shape index (κ1) is 13.9. The lowest BCUT2D eigenvalue weighted by Gasteiger charge is -2.28. The van der Waals surface area contributed by atoms with E-state index in [-0.39, 0.29) is 0 Å². The molecule has 1 saturated heterocycles. The highest BCUT2D eigenvalue weighted by Crippen LogP contribution is 2.08. The zero-order chi connectivity index (χ0) is 11.6. The molecule has 1 fully saturated rings. The lowest BCUT2D eigenvalue weighted by atomic mass is 10.0. The van der Waals surface area contributed by atoms with Gasteiger partial charge in [0, 0.05) is 19.2 Å². The molecule has 96 valence electrons. The SMILES string of the molecule is CN(CCCCCCO)CC1CCCCN1. The van der Waals surface area contributed by atoms with E-state index in [1.807, 2.05) is 0 Å². The number of aliphatic hydroxyl groups is 1. The summed E-state index contributed by atoms with van der Waals surface area (Å²) < 4.78 is 0. The van der Waals surface area contributed by atoms with Crippen molar-refractivity contribution in [1.29, 1.82) is 0 Å². The van der Waals surface area contributed by atoms with Gasteiger partial charge in [-0.2, -0.15) is 0 Å². The van der Waals surface area contributed by atoms with E-state index in [1.54, 1.807) is 0 Å². The zero-order valence-electron chi connectivity index (χ0n) is 10.7. The van der Waals surface area contributed by atoms with Crippen molar-refractivity contribution in [2.75, 3.05) is 33.3 Å². The third-order valence-electron chi connectivity index (χ3n) is 3.39. The maximum absolute atomic E-state index is 8.67. The maximum atomic E-state index is 8.67. The third-order valence-corrected chi connectivity index (χ3v) is 3.39. The summed E-state index contributed by atoms with van der Waals surface area (Å²) in [5, 5.41) is 12.3. The van der Waals surface area contributed by atoms with E-state index in [0.717, 1.165) is 12.5 Å². The third kappa shape index (κ3) is 6.46. The van der Waals surface area contributed by atoms with Crippen LogP contribution < -0.4 is 5.32 Å². The molecule has 0 aromatic carbocycles. The highest BCUT2D eigenvalue weighted by Gasteiger charge is 2.13. The van der Waals surface area contributed by atoms with Gasteiger partial charge in [0.05, 0.1) is 0 Å². The molecule has 1 rings (SSSR count). The highest BCUT2D eigenvalue weighted by atomic mass is 16.2. The van der Waals surface area contributed by atoms with Crippen LogP contribution in [0.4, 0.5) is 0 Å². The maximum Gasteiger partial charge on any atom is 0.0431 e. The second-order valence-electron chi connectivity index (χ2n) is 5.05. The summed E-state index contributed by atoms with van der Waals surface area (Å²) in [4.78, 5) is 2.45. The Morgan fingerprint density at radius 2 is 2.00 bits per heavy atom. The Hall–Kier alpha value is -0.120. The minimum atomic E-state index is 0.349. The molecule has 0 bridgehead atoms. The molecule has 1 aliphatic rings. The van der Waals surface area contributed by atoms with Gasteiger partial charge in [0.2, 0.25) is 0 Å². The molecule has 1 atom stereocenters. The Balaban J connectivity index is 1.95. The molecule has 0 aromatic heterocycles. The van der Waals surface area contributed by atoms with Crippen LogP contribution in [0.1, 0.15) is 44.9 Å². The van der Waals surface area contributed by atoms with Crippen LogP contribution in [0.2, 0.25) is 0 Å². The molecule has 0 aliphatic carbocycles. The topological polar surface area (TPSA) is 35.5 Å². The Labute approximate surface area is 100 Å². The summed E-state index contributed by atoms with van der Waals surface area (Å²) in [6.07, 6.45) is 8.74. The Kier molecular flexibility index (Phi) is 7.81. The number of rotatable bonds is 8. The minimum Gasteiger partial charge on any atom is -0.396 e. The van der Waals surface area contributed by atoms with Crippen LogP contribution in [0, 0.1) is 0 Å². The van der Waals surface area contributed by atoms with Gasteiger partial charge in [-0.05, 0) is 45.8 Å². The minimum absolute atomic E-state index is 0.349. The summed E-state index contributed by atoms with van der Waals surface area (Å²) in [5.74, 6) is 0. The van der Waals surface area contributed by atoms with Gasteiger partial charge in [0.1, 0.15) is 0 Å². The number of nitrogens with zero attached hydrogens (tertiary/aromatic N) is 1. The van der Waals surface area contributed by atoms with Gasteiger partial charge < -0.3 is 15.3 Å². The van der Waals surface area contributed by atoms with Gasteiger partial charge >= 0.3 is 0 Å². The molecule has 1 aliphatic heterocycles. The van der Waals surface area contributed by atoms with Crippen molar-refractivity contribution >= 4 is 0 Å². The van der Waals surface area contributed by atoms with Crippen LogP contribution in [0.5, 0.6) is 0 Å². The predicted octanol–water partition coefficient (Wildman–Crippen LogP) is 1.61. The molecule has 0 saturated carbocycles. The van der Waals surface area contributed by atoms with Crippen molar-refractivity contribution in [3.63, 3.8) is 0 Å². The smallest absolute Gasteiger partial charge is 0.0431 e. The average Bonchev–Trinajstić information content (AvgIpc) is 2.30. The van der Waals surface area contributed by atoms with Crippen molar-refractivity contribution in [3.8, 4) is 0 Å². The summed E-state index contributed by atoms with van der Waals surface area (Å²) in [7, 11) is 2.22. The monoisotopic (exact) mass is 228 g/mol. The van der Waals surface area contributed by atoms with Gasteiger partial charge in [0.15, 0.2) is 0 Å². The summed E-state index contributed by atoms with van der Waals surface area (Å²) in [6.45, 7) is 3.94. The zero-order valence-corrected chi connectivity index (χ0v) is 10.7. The molecule has 3 heteroatoms. The molecule has 0 aromatic rings. The van der Waals surface area contributed by atoms with Crippen molar-refractivity contribution in [2.45, 2.75) is 51.0 Å². The summed E-state index contributed by atoms with van der Waals surface area (Å²) in [5.41, 5.74) is 0.